The molecule has 0 spiro atoms. The molecule has 2 aromatic carbocycles. The Kier molecular flexibility index (Phi) is 4.97. The van der Waals surface area contributed by atoms with Gasteiger partial charge in [0.05, 0.1) is 25.4 Å². The number of rotatable bonds is 6. The van der Waals surface area contributed by atoms with E-state index in [2.05, 4.69) is 5.10 Å². The van der Waals surface area contributed by atoms with Crippen LogP contribution in [-0.2, 0) is 17.9 Å². The molecule has 6 heteroatoms. The molecular weight excluding hydrogens is 321 g/mol. The predicted molar refractivity (Wildman–Crippen MR) is 93.8 cm³/mol. The lowest BCUT2D eigenvalue weighted by atomic mass is 10.2. The zero-order valence-corrected chi connectivity index (χ0v) is 14.3. The molecule has 0 N–H and O–H groups in total. The molecule has 0 bridgehead atoms. The monoisotopic (exact) mass is 341 g/mol. The normalized spacial score (nSPS) is 10.8. The number of hydrogen-bond acceptors (Lipinski definition) is 3. The maximum Gasteiger partial charge on any atom is 0.224 e. The van der Waals surface area contributed by atoms with Gasteiger partial charge in [0.25, 0.3) is 0 Å². The Balaban J connectivity index is 1.62. The lowest BCUT2D eigenvalue weighted by Gasteiger charge is -2.17. The number of halogens is 1. The number of carbonyl (C=O) groups is 1. The van der Waals surface area contributed by atoms with Gasteiger partial charge in [0.2, 0.25) is 5.91 Å². The van der Waals surface area contributed by atoms with E-state index in [4.69, 9.17) is 4.74 Å². The number of hydrogen-bond donors (Lipinski definition) is 0. The van der Waals surface area contributed by atoms with E-state index in [1.165, 1.54) is 12.1 Å². The summed E-state index contributed by atoms with van der Waals surface area (Å²) in [6, 6.07) is 12.0. The van der Waals surface area contributed by atoms with E-state index in [1.54, 1.807) is 37.4 Å². The maximum absolute atomic E-state index is 13.2. The highest BCUT2D eigenvalue weighted by atomic mass is 19.1. The van der Waals surface area contributed by atoms with E-state index in [9.17, 15) is 9.18 Å². The van der Waals surface area contributed by atoms with Crippen LogP contribution in [0, 0.1) is 5.82 Å². The summed E-state index contributed by atoms with van der Waals surface area (Å²) in [4.78, 5) is 13.9. The van der Waals surface area contributed by atoms with Crippen LogP contribution in [0.5, 0.6) is 5.75 Å². The molecular formula is C19H20FN3O2. The second-order valence-corrected chi connectivity index (χ2v) is 5.92. The summed E-state index contributed by atoms with van der Waals surface area (Å²) < 4.78 is 20.2. The number of benzene rings is 2. The number of aryl methyl sites for hydroxylation is 1. The second-order valence-electron chi connectivity index (χ2n) is 5.92. The van der Waals surface area contributed by atoms with Gasteiger partial charge in [-0.05, 0) is 35.9 Å². The average Bonchev–Trinajstić information content (AvgIpc) is 3.01. The van der Waals surface area contributed by atoms with Gasteiger partial charge in [0, 0.05) is 25.4 Å². The van der Waals surface area contributed by atoms with Crippen molar-refractivity contribution >= 4 is 16.8 Å². The maximum atomic E-state index is 13.2. The van der Waals surface area contributed by atoms with Crippen LogP contribution in [0.15, 0.2) is 48.7 Å². The van der Waals surface area contributed by atoms with Gasteiger partial charge in [-0.2, -0.15) is 5.10 Å². The van der Waals surface area contributed by atoms with Crippen LogP contribution in [0.4, 0.5) is 4.39 Å². The molecule has 130 valence electrons. The zero-order valence-electron chi connectivity index (χ0n) is 14.3. The van der Waals surface area contributed by atoms with Gasteiger partial charge in [0.1, 0.15) is 11.6 Å². The predicted octanol–water partition coefficient (Wildman–Crippen LogP) is 3.23. The topological polar surface area (TPSA) is 47.4 Å². The molecule has 3 rings (SSSR count). The highest BCUT2D eigenvalue weighted by Crippen LogP contribution is 2.20. The molecule has 0 saturated carbocycles. The molecule has 0 unspecified atom stereocenters. The minimum atomic E-state index is -0.295. The molecule has 1 heterocycles. The lowest BCUT2D eigenvalue weighted by Crippen LogP contribution is -2.27. The first-order valence-corrected chi connectivity index (χ1v) is 8.05. The lowest BCUT2D eigenvalue weighted by molar-refractivity contribution is -0.130. The van der Waals surface area contributed by atoms with E-state index in [1.807, 2.05) is 22.9 Å². The Bertz CT molecular complexity index is 891. The Morgan fingerprint density at radius 1 is 1.28 bits per heavy atom. The fourth-order valence-electron chi connectivity index (χ4n) is 2.76. The highest BCUT2D eigenvalue weighted by molar-refractivity contribution is 5.80. The summed E-state index contributed by atoms with van der Waals surface area (Å²) in [6.45, 7) is 0.871. The van der Waals surface area contributed by atoms with E-state index in [-0.39, 0.29) is 11.7 Å². The third-order valence-electron chi connectivity index (χ3n) is 4.12. The molecule has 0 radical (unpaired) electrons. The highest BCUT2D eigenvalue weighted by Gasteiger charge is 2.11. The van der Waals surface area contributed by atoms with Crippen LogP contribution in [0.25, 0.3) is 10.9 Å². The standard InChI is InChI=1S/C19H20FN3O2/c1-22(13-14-4-3-5-16(20)10-14)19(24)8-9-23-18-7-6-17(25-2)11-15(18)12-21-23/h3-7,10-12H,8-9,13H2,1-2H3. The minimum absolute atomic E-state index is 0.0126. The van der Waals surface area contributed by atoms with Crippen molar-refractivity contribution in [1.82, 2.24) is 14.7 Å². The van der Waals surface area contributed by atoms with Gasteiger partial charge < -0.3 is 9.64 Å². The first-order valence-electron chi connectivity index (χ1n) is 8.05. The SMILES string of the molecule is COc1ccc2c(cnn2CCC(=O)N(C)Cc2cccc(F)c2)c1. The van der Waals surface area contributed by atoms with Gasteiger partial charge in [-0.25, -0.2) is 4.39 Å². The van der Waals surface area contributed by atoms with Gasteiger partial charge in [-0.15, -0.1) is 0 Å². The number of methoxy groups -OCH3 is 1. The van der Waals surface area contributed by atoms with E-state index < -0.39 is 0 Å². The van der Waals surface area contributed by atoms with Crippen molar-refractivity contribution in [2.24, 2.45) is 0 Å². The Morgan fingerprint density at radius 3 is 2.88 bits per heavy atom. The van der Waals surface area contributed by atoms with Crippen LogP contribution < -0.4 is 4.74 Å². The van der Waals surface area contributed by atoms with E-state index in [0.29, 0.717) is 19.5 Å². The Hall–Kier alpha value is -2.89. The number of ether oxygens (including phenoxy) is 1. The fourth-order valence-corrected chi connectivity index (χ4v) is 2.76. The number of nitrogens with zero attached hydrogens (tertiary/aromatic N) is 3. The van der Waals surface area contributed by atoms with Crippen LogP contribution in [-0.4, -0.2) is 34.7 Å². The van der Waals surface area contributed by atoms with Crippen LogP contribution in [0.2, 0.25) is 0 Å². The summed E-state index contributed by atoms with van der Waals surface area (Å²) in [5.74, 6) is 0.469. The van der Waals surface area contributed by atoms with Crippen molar-refractivity contribution in [2.75, 3.05) is 14.2 Å². The van der Waals surface area contributed by atoms with E-state index >= 15 is 0 Å². The quantitative estimate of drug-likeness (QED) is 0.691. The molecule has 5 nitrogen and oxygen atoms in total. The van der Waals surface area contributed by atoms with Crippen molar-refractivity contribution in [3.05, 3.63) is 60.0 Å². The van der Waals surface area contributed by atoms with Crippen LogP contribution in [0.3, 0.4) is 0 Å². The van der Waals surface area contributed by atoms with Crippen LogP contribution in [0.1, 0.15) is 12.0 Å². The third kappa shape index (κ3) is 3.96. The Labute approximate surface area is 145 Å². The smallest absolute Gasteiger partial charge is 0.224 e. The number of amides is 1. The average molecular weight is 341 g/mol. The molecule has 25 heavy (non-hydrogen) atoms. The number of carbonyl (C=O) groups excluding carboxylic acids is 1. The minimum Gasteiger partial charge on any atom is -0.497 e. The summed E-state index contributed by atoms with van der Waals surface area (Å²) in [6.07, 6.45) is 2.09. The van der Waals surface area contributed by atoms with Crippen molar-refractivity contribution < 1.29 is 13.9 Å². The first-order chi connectivity index (χ1) is 12.1. The largest absolute Gasteiger partial charge is 0.497 e. The van der Waals surface area contributed by atoms with Crippen molar-refractivity contribution in [3.8, 4) is 5.75 Å². The summed E-state index contributed by atoms with van der Waals surface area (Å²) >= 11 is 0. The Morgan fingerprint density at radius 2 is 2.12 bits per heavy atom. The summed E-state index contributed by atoms with van der Waals surface area (Å²) in [7, 11) is 3.35. The number of fused-ring (bicyclic) bond motifs is 1. The second kappa shape index (κ2) is 7.34. The summed E-state index contributed by atoms with van der Waals surface area (Å²) in [5, 5.41) is 5.31. The van der Waals surface area contributed by atoms with Crippen molar-refractivity contribution in [1.29, 1.82) is 0 Å². The molecule has 3 aromatic rings. The molecule has 0 fully saturated rings. The van der Waals surface area contributed by atoms with Gasteiger partial charge in [-0.1, -0.05) is 12.1 Å². The van der Waals surface area contributed by atoms with Gasteiger partial charge >= 0.3 is 0 Å². The van der Waals surface area contributed by atoms with Gasteiger partial charge in [-0.3, -0.25) is 9.48 Å². The molecule has 0 aliphatic carbocycles. The molecule has 1 aromatic heterocycles. The van der Waals surface area contributed by atoms with Crippen molar-refractivity contribution in [2.45, 2.75) is 19.5 Å². The van der Waals surface area contributed by atoms with E-state index in [0.717, 1.165) is 22.2 Å². The van der Waals surface area contributed by atoms with Crippen molar-refractivity contribution in [3.63, 3.8) is 0 Å². The molecule has 0 atom stereocenters. The molecule has 0 aliphatic rings. The fraction of sp³-hybridized carbons (Fsp3) is 0.263. The third-order valence-corrected chi connectivity index (χ3v) is 4.12. The molecule has 0 saturated heterocycles. The summed E-state index contributed by atoms with van der Waals surface area (Å²) in [5.41, 5.74) is 1.73. The molecule has 1 amide bonds. The number of aromatic nitrogens is 2. The first kappa shape index (κ1) is 17.0. The van der Waals surface area contributed by atoms with Gasteiger partial charge in [0.15, 0.2) is 0 Å². The van der Waals surface area contributed by atoms with Crippen LogP contribution >= 0.6 is 0 Å². The zero-order chi connectivity index (χ0) is 17.8. The molecule has 0 aliphatic heterocycles.